The van der Waals surface area contributed by atoms with Gasteiger partial charge in [-0.3, -0.25) is 4.79 Å². The number of benzene rings is 3. The lowest BCUT2D eigenvalue weighted by Gasteiger charge is -2.41. The number of ether oxygens (including phenoxy) is 2. The number of aryl methyl sites for hydroxylation is 2. The van der Waals surface area contributed by atoms with Crippen molar-refractivity contribution in [1.29, 1.82) is 0 Å². The number of hydrogen-bond donors (Lipinski definition) is 0. The van der Waals surface area contributed by atoms with Gasteiger partial charge in [0.2, 0.25) is 0 Å². The van der Waals surface area contributed by atoms with Gasteiger partial charge in [-0.05, 0) is 68.8 Å². The molecule has 0 N–H and O–H groups in total. The highest BCUT2D eigenvalue weighted by atomic mass is 16.5. The molecule has 1 atom stereocenters. The Morgan fingerprint density at radius 1 is 1.00 bits per heavy atom. The fourth-order valence-corrected chi connectivity index (χ4v) is 4.61. The number of methoxy groups -OCH3 is 1. The van der Waals surface area contributed by atoms with Crippen LogP contribution in [0, 0.1) is 13.8 Å². The molecule has 2 aliphatic heterocycles. The minimum atomic E-state index is 0.0186. The standard InChI is InChI=1S/C28H29N3O3/c1-18-9-11-25-23(14-18)27(29-24-10-8-19(2)15-26(24)34-25)30-12-13-31(20(3)17-30)28(32)21-6-5-7-22(16-21)33-4/h5-11,14-16,20H,12-13,17H2,1-4H3. The average Bonchev–Trinajstić information content (AvgIpc) is 2.99. The van der Waals surface area contributed by atoms with E-state index in [-0.39, 0.29) is 11.9 Å². The summed E-state index contributed by atoms with van der Waals surface area (Å²) in [6.07, 6.45) is 0. The molecule has 1 saturated heterocycles. The molecule has 6 heteroatoms. The van der Waals surface area contributed by atoms with Crippen molar-refractivity contribution in [1.82, 2.24) is 9.80 Å². The normalized spacial score (nSPS) is 17.2. The Morgan fingerprint density at radius 2 is 1.79 bits per heavy atom. The van der Waals surface area contributed by atoms with Crippen LogP contribution in [0.3, 0.4) is 0 Å². The Hall–Kier alpha value is -3.80. The first kappa shape index (κ1) is 22.0. The number of aliphatic imine (C=N–C) groups is 1. The smallest absolute Gasteiger partial charge is 0.254 e. The Kier molecular flexibility index (Phi) is 5.74. The van der Waals surface area contributed by atoms with Gasteiger partial charge in [0.25, 0.3) is 5.91 Å². The number of rotatable bonds is 2. The van der Waals surface area contributed by atoms with Gasteiger partial charge in [-0.1, -0.05) is 23.8 Å². The van der Waals surface area contributed by atoms with Gasteiger partial charge >= 0.3 is 0 Å². The van der Waals surface area contributed by atoms with Crippen LogP contribution in [-0.2, 0) is 0 Å². The van der Waals surface area contributed by atoms with Crippen molar-refractivity contribution in [3.05, 3.63) is 82.9 Å². The molecule has 5 rings (SSSR count). The third-order valence-corrected chi connectivity index (χ3v) is 6.44. The Labute approximate surface area is 200 Å². The molecule has 2 aliphatic rings. The summed E-state index contributed by atoms with van der Waals surface area (Å²) < 4.78 is 11.6. The lowest BCUT2D eigenvalue weighted by atomic mass is 10.1. The molecule has 1 unspecified atom stereocenters. The molecular formula is C28H29N3O3. The first-order valence-corrected chi connectivity index (χ1v) is 11.6. The van der Waals surface area contributed by atoms with Gasteiger partial charge in [-0.25, -0.2) is 4.99 Å². The summed E-state index contributed by atoms with van der Waals surface area (Å²) in [6.45, 7) is 8.20. The minimum absolute atomic E-state index is 0.0186. The maximum Gasteiger partial charge on any atom is 0.254 e. The van der Waals surface area contributed by atoms with Crippen LogP contribution < -0.4 is 9.47 Å². The lowest BCUT2D eigenvalue weighted by molar-refractivity contribution is 0.0581. The van der Waals surface area contributed by atoms with Gasteiger partial charge in [-0.2, -0.15) is 0 Å². The molecule has 6 nitrogen and oxygen atoms in total. The second kappa shape index (κ2) is 8.86. The second-order valence-corrected chi connectivity index (χ2v) is 9.03. The van der Waals surface area contributed by atoms with E-state index in [1.165, 1.54) is 0 Å². The third-order valence-electron chi connectivity index (χ3n) is 6.44. The largest absolute Gasteiger partial charge is 0.497 e. The van der Waals surface area contributed by atoms with Crippen LogP contribution in [0.15, 0.2) is 65.7 Å². The van der Waals surface area contributed by atoms with Crippen LogP contribution in [0.4, 0.5) is 5.69 Å². The number of carbonyl (C=O) groups excluding carboxylic acids is 1. The summed E-state index contributed by atoms with van der Waals surface area (Å²) in [7, 11) is 1.61. The molecule has 3 aromatic carbocycles. The monoisotopic (exact) mass is 455 g/mol. The molecule has 0 aliphatic carbocycles. The Bertz CT molecular complexity index is 1280. The van der Waals surface area contributed by atoms with E-state index in [2.05, 4.69) is 43.9 Å². The Morgan fingerprint density at radius 3 is 2.59 bits per heavy atom. The highest BCUT2D eigenvalue weighted by Crippen LogP contribution is 2.39. The Balaban J connectivity index is 1.45. The van der Waals surface area contributed by atoms with Gasteiger partial charge in [0.1, 0.15) is 23.0 Å². The molecule has 1 fully saturated rings. The average molecular weight is 456 g/mol. The summed E-state index contributed by atoms with van der Waals surface area (Å²) in [5.41, 5.74) is 4.72. The van der Waals surface area contributed by atoms with E-state index in [1.807, 2.05) is 41.3 Å². The summed E-state index contributed by atoms with van der Waals surface area (Å²) in [6, 6.07) is 19.7. The first-order chi connectivity index (χ1) is 16.4. The van der Waals surface area contributed by atoms with E-state index in [4.69, 9.17) is 14.5 Å². The van der Waals surface area contributed by atoms with Gasteiger partial charge in [0, 0.05) is 31.2 Å². The van der Waals surface area contributed by atoms with E-state index in [0.717, 1.165) is 39.7 Å². The number of nitrogens with zero attached hydrogens (tertiary/aromatic N) is 3. The highest BCUT2D eigenvalue weighted by Gasteiger charge is 2.32. The fraction of sp³-hybridized carbons (Fsp3) is 0.286. The lowest BCUT2D eigenvalue weighted by Crippen LogP contribution is -2.55. The zero-order valence-electron chi connectivity index (χ0n) is 20.0. The number of amides is 1. The summed E-state index contributed by atoms with van der Waals surface area (Å²) in [5, 5.41) is 0. The number of carbonyl (C=O) groups is 1. The van der Waals surface area contributed by atoms with Crippen molar-refractivity contribution in [2.75, 3.05) is 26.7 Å². The van der Waals surface area contributed by atoms with Crippen molar-refractivity contribution in [3.63, 3.8) is 0 Å². The summed E-state index contributed by atoms with van der Waals surface area (Å²) in [5.74, 6) is 3.16. The van der Waals surface area contributed by atoms with Crippen LogP contribution in [0.25, 0.3) is 0 Å². The SMILES string of the molecule is COc1cccc(C(=O)N2CCN(C3=Nc4ccc(C)cc4Oc4ccc(C)cc43)CC2C)c1. The van der Waals surface area contributed by atoms with E-state index in [0.29, 0.717) is 30.9 Å². The van der Waals surface area contributed by atoms with Crippen LogP contribution in [0.5, 0.6) is 17.2 Å². The maximum absolute atomic E-state index is 13.3. The van der Waals surface area contributed by atoms with Crippen molar-refractivity contribution in [3.8, 4) is 17.2 Å². The zero-order valence-corrected chi connectivity index (χ0v) is 20.0. The first-order valence-electron chi connectivity index (χ1n) is 11.6. The van der Waals surface area contributed by atoms with Gasteiger partial charge < -0.3 is 19.3 Å². The van der Waals surface area contributed by atoms with Crippen LogP contribution in [0.1, 0.15) is 34.0 Å². The van der Waals surface area contributed by atoms with Gasteiger partial charge in [-0.15, -0.1) is 0 Å². The highest BCUT2D eigenvalue weighted by molar-refractivity contribution is 6.04. The molecule has 34 heavy (non-hydrogen) atoms. The molecule has 3 aromatic rings. The second-order valence-electron chi connectivity index (χ2n) is 9.03. The molecule has 0 radical (unpaired) electrons. The van der Waals surface area contributed by atoms with Crippen molar-refractivity contribution < 1.29 is 14.3 Å². The number of amidine groups is 1. The van der Waals surface area contributed by atoms with Crippen molar-refractivity contribution in [2.45, 2.75) is 26.8 Å². The quantitative estimate of drug-likeness (QED) is 0.523. The van der Waals surface area contributed by atoms with Crippen LogP contribution in [0.2, 0.25) is 0 Å². The van der Waals surface area contributed by atoms with E-state index >= 15 is 0 Å². The molecule has 0 aromatic heterocycles. The van der Waals surface area contributed by atoms with Crippen LogP contribution in [-0.4, -0.2) is 54.3 Å². The van der Waals surface area contributed by atoms with Gasteiger partial charge in [0.05, 0.1) is 12.7 Å². The molecule has 0 saturated carbocycles. The number of fused-ring (bicyclic) bond motifs is 2. The maximum atomic E-state index is 13.3. The third kappa shape index (κ3) is 4.12. The molecule has 174 valence electrons. The predicted molar refractivity (Wildman–Crippen MR) is 134 cm³/mol. The molecule has 0 bridgehead atoms. The van der Waals surface area contributed by atoms with Gasteiger partial charge in [0.15, 0.2) is 5.75 Å². The number of piperazine rings is 1. The van der Waals surface area contributed by atoms with E-state index in [9.17, 15) is 4.79 Å². The predicted octanol–water partition coefficient (Wildman–Crippen LogP) is 5.34. The molecule has 1 amide bonds. The molecular weight excluding hydrogens is 426 g/mol. The molecule has 0 spiro atoms. The van der Waals surface area contributed by atoms with Crippen molar-refractivity contribution >= 4 is 17.4 Å². The summed E-state index contributed by atoms with van der Waals surface area (Å²) in [4.78, 5) is 22.5. The van der Waals surface area contributed by atoms with E-state index in [1.54, 1.807) is 13.2 Å². The topological polar surface area (TPSA) is 54.4 Å². The summed E-state index contributed by atoms with van der Waals surface area (Å²) >= 11 is 0. The van der Waals surface area contributed by atoms with Crippen molar-refractivity contribution in [2.24, 2.45) is 4.99 Å². The molecule has 2 heterocycles. The number of hydrogen-bond acceptors (Lipinski definition) is 5. The van der Waals surface area contributed by atoms with E-state index < -0.39 is 0 Å². The zero-order chi connectivity index (χ0) is 23.8. The van der Waals surface area contributed by atoms with Crippen LogP contribution >= 0.6 is 0 Å². The fourth-order valence-electron chi connectivity index (χ4n) is 4.61. The minimum Gasteiger partial charge on any atom is -0.497 e.